The Bertz CT molecular complexity index is 1250. The molecule has 1 amide bonds. The fourth-order valence-electron chi connectivity index (χ4n) is 3.85. The number of ether oxygens (including phenoxy) is 1. The first-order chi connectivity index (χ1) is 16.2. The number of nitriles is 1. The van der Waals surface area contributed by atoms with E-state index in [1.54, 1.807) is 17.0 Å². The average molecular weight is 471 g/mol. The maximum absolute atomic E-state index is 12.9. The lowest BCUT2D eigenvalue weighted by molar-refractivity contribution is -0.141. The first-order valence-corrected chi connectivity index (χ1v) is 10.3. The molecule has 0 spiro atoms. The van der Waals surface area contributed by atoms with Gasteiger partial charge in [0.15, 0.2) is 6.19 Å². The van der Waals surface area contributed by atoms with Gasteiger partial charge < -0.3 is 21.1 Å². The number of amides is 1. The van der Waals surface area contributed by atoms with Gasteiger partial charge in [0.1, 0.15) is 28.5 Å². The molecule has 9 nitrogen and oxygen atoms in total. The van der Waals surface area contributed by atoms with Gasteiger partial charge in [0.2, 0.25) is 5.88 Å². The number of nitrogens with zero attached hydrogens (tertiary/aromatic N) is 5. The summed E-state index contributed by atoms with van der Waals surface area (Å²) in [5.41, 5.74) is 11.6. The molecule has 1 aliphatic rings. The molecule has 3 heterocycles. The van der Waals surface area contributed by atoms with Crippen LogP contribution in [0.2, 0.25) is 0 Å². The van der Waals surface area contributed by atoms with Gasteiger partial charge >= 0.3 is 6.18 Å². The lowest BCUT2D eigenvalue weighted by Gasteiger charge is -2.29. The molecule has 3 aromatic rings. The number of nitrogen functional groups attached to an aromatic ring is 1. The number of hydrogen-bond donors (Lipinski definition) is 2. The predicted octanol–water partition coefficient (Wildman–Crippen LogP) is 3.56. The van der Waals surface area contributed by atoms with Gasteiger partial charge in [-0.25, -0.2) is 9.67 Å². The predicted molar refractivity (Wildman–Crippen MR) is 115 cm³/mol. The average Bonchev–Trinajstić information content (AvgIpc) is 3.16. The SMILES string of the molecule is N#CN1CCC[C@H](n2nc(-c3ccc(Oc4cccc(C(F)(F)F)n4)cc3)c(C(N)=O)c2N)C1. The van der Waals surface area contributed by atoms with E-state index in [0.717, 1.165) is 18.9 Å². The quantitative estimate of drug-likeness (QED) is 0.543. The number of alkyl halides is 3. The number of carbonyl (C=O) groups is 1. The molecule has 2 aromatic heterocycles. The van der Waals surface area contributed by atoms with Crippen LogP contribution in [-0.2, 0) is 6.18 Å². The lowest BCUT2D eigenvalue weighted by atomic mass is 10.1. The molecule has 34 heavy (non-hydrogen) atoms. The molecule has 1 aliphatic heterocycles. The van der Waals surface area contributed by atoms with Crippen LogP contribution in [0.3, 0.4) is 0 Å². The highest BCUT2D eigenvalue weighted by molar-refractivity contribution is 6.03. The summed E-state index contributed by atoms with van der Waals surface area (Å²) < 4.78 is 45.6. The Labute approximate surface area is 192 Å². The van der Waals surface area contributed by atoms with E-state index in [9.17, 15) is 23.2 Å². The van der Waals surface area contributed by atoms with Crippen molar-refractivity contribution in [2.24, 2.45) is 5.73 Å². The van der Waals surface area contributed by atoms with Crippen LogP contribution in [-0.4, -0.2) is 38.7 Å². The van der Waals surface area contributed by atoms with Crippen molar-refractivity contribution in [2.75, 3.05) is 18.8 Å². The van der Waals surface area contributed by atoms with Crippen molar-refractivity contribution in [3.8, 4) is 29.1 Å². The van der Waals surface area contributed by atoms with E-state index in [4.69, 9.17) is 16.2 Å². The number of anilines is 1. The molecular formula is C22H20F3N7O2. The number of pyridine rings is 1. The zero-order valence-electron chi connectivity index (χ0n) is 17.8. The molecule has 0 bridgehead atoms. The Balaban J connectivity index is 1.61. The number of primary amides is 1. The van der Waals surface area contributed by atoms with Gasteiger partial charge in [0.05, 0.1) is 12.6 Å². The van der Waals surface area contributed by atoms with Gasteiger partial charge in [0, 0.05) is 18.2 Å². The zero-order chi connectivity index (χ0) is 24.5. The van der Waals surface area contributed by atoms with Crippen LogP contribution in [0.4, 0.5) is 19.0 Å². The van der Waals surface area contributed by atoms with Crippen LogP contribution in [0.1, 0.15) is 34.9 Å². The molecular weight excluding hydrogens is 451 g/mol. The molecule has 12 heteroatoms. The number of benzene rings is 1. The highest BCUT2D eigenvalue weighted by Gasteiger charge is 2.33. The third-order valence-corrected chi connectivity index (χ3v) is 5.44. The number of likely N-dealkylation sites (tertiary alicyclic amines) is 1. The molecule has 4 rings (SSSR count). The fourth-order valence-corrected chi connectivity index (χ4v) is 3.85. The Morgan fingerprint density at radius 2 is 1.94 bits per heavy atom. The molecule has 0 aliphatic carbocycles. The Morgan fingerprint density at radius 3 is 2.59 bits per heavy atom. The van der Waals surface area contributed by atoms with Crippen molar-refractivity contribution in [1.82, 2.24) is 19.7 Å². The van der Waals surface area contributed by atoms with Crippen LogP contribution in [0.25, 0.3) is 11.3 Å². The van der Waals surface area contributed by atoms with Crippen LogP contribution in [0.15, 0.2) is 42.5 Å². The summed E-state index contributed by atoms with van der Waals surface area (Å²) in [6.45, 7) is 1.06. The number of carbonyl (C=O) groups excluding carboxylic acids is 1. The number of hydrogen-bond acceptors (Lipinski definition) is 7. The smallest absolute Gasteiger partial charge is 0.433 e. The number of aromatic nitrogens is 3. The van der Waals surface area contributed by atoms with E-state index in [-0.39, 0.29) is 34.7 Å². The maximum atomic E-state index is 12.9. The largest absolute Gasteiger partial charge is 0.439 e. The summed E-state index contributed by atoms with van der Waals surface area (Å²) in [5.74, 6) is -0.616. The van der Waals surface area contributed by atoms with Crippen LogP contribution < -0.4 is 16.2 Å². The Hall–Kier alpha value is -4.27. The van der Waals surface area contributed by atoms with Crippen molar-refractivity contribution in [2.45, 2.75) is 25.1 Å². The lowest BCUT2D eigenvalue weighted by Crippen LogP contribution is -2.34. The molecule has 0 saturated carbocycles. The second kappa shape index (κ2) is 8.93. The Kier molecular flexibility index (Phi) is 6.02. The number of nitrogens with two attached hydrogens (primary N) is 2. The summed E-state index contributed by atoms with van der Waals surface area (Å²) in [4.78, 5) is 17.2. The minimum Gasteiger partial charge on any atom is -0.439 e. The number of rotatable bonds is 5. The summed E-state index contributed by atoms with van der Waals surface area (Å²) in [7, 11) is 0. The number of piperidine rings is 1. The van der Waals surface area contributed by atoms with E-state index >= 15 is 0 Å². The molecule has 1 fully saturated rings. The van der Waals surface area contributed by atoms with Gasteiger partial charge in [-0.15, -0.1) is 0 Å². The van der Waals surface area contributed by atoms with E-state index in [1.165, 1.54) is 28.9 Å². The normalized spacial score (nSPS) is 16.2. The van der Waals surface area contributed by atoms with Crippen molar-refractivity contribution in [1.29, 1.82) is 5.26 Å². The standard InChI is InChI=1S/C22H20F3N7O2/c23-22(24,25)16-4-1-5-17(29-16)34-15-8-6-13(7-9-15)19-18(21(28)33)20(27)32(30-19)14-3-2-10-31(11-14)12-26/h1,4-9,14H,2-3,10-11,27H2,(H2,28,33)/t14-/m0/s1. The second-order valence-corrected chi connectivity index (χ2v) is 7.74. The zero-order valence-corrected chi connectivity index (χ0v) is 17.8. The van der Waals surface area contributed by atoms with E-state index in [1.807, 2.05) is 0 Å². The van der Waals surface area contributed by atoms with Crippen molar-refractivity contribution < 1.29 is 22.7 Å². The third-order valence-electron chi connectivity index (χ3n) is 5.44. The summed E-state index contributed by atoms with van der Waals surface area (Å²) in [5, 5.41) is 13.7. The topological polar surface area (TPSA) is 136 Å². The van der Waals surface area contributed by atoms with Crippen LogP contribution in [0, 0.1) is 11.5 Å². The molecule has 176 valence electrons. The van der Waals surface area contributed by atoms with Crippen molar-refractivity contribution >= 4 is 11.7 Å². The van der Waals surface area contributed by atoms with Gasteiger partial charge in [-0.1, -0.05) is 6.07 Å². The molecule has 1 saturated heterocycles. The minimum atomic E-state index is -4.59. The fraction of sp³-hybridized carbons (Fsp3) is 0.273. The van der Waals surface area contributed by atoms with Gasteiger partial charge in [-0.2, -0.15) is 23.5 Å². The van der Waals surface area contributed by atoms with Crippen molar-refractivity contribution in [3.63, 3.8) is 0 Å². The molecule has 4 N–H and O–H groups in total. The van der Waals surface area contributed by atoms with E-state index in [0.29, 0.717) is 18.7 Å². The minimum absolute atomic E-state index is 0.0577. The highest BCUT2D eigenvalue weighted by Crippen LogP contribution is 2.34. The second-order valence-electron chi connectivity index (χ2n) is 7.74. The summed E-state index contributed by atoms with van der Waals surface area (Å²) in [6.07, 6.45) is -0.966. The third kappa shape index (κ3) is 4.59. The van der Waals surface area contributed by atoms with Gasteiger partial charge in [0.25, 0.3) is 5.91 Å². The van der Waals surface area contributed by atoms with Gasteiger partial charge in [-0.05, 0) is 43.2 Å². The highest BCUT2D eigenvalue weighted by atomic mass is 19.4. The number of halogens is 3. The van der Waals surface area contributed by atoms with Crippen LogP contribution in [0.5, 0.6) is 11.6 Å². The monoisotopic (exact) mass is 471 g/mol. The van der Waals surface area contributed by atoms with E-state index < -0.39 is 17.8 Å². The molecule has 1 aromatic carbocycles. The molecule has 1 atom stereocenters. The van der Waals surface area contributed by atoms with Crippen LogP contribution >= 0.6 is 0 Å². The first-order valence-electron chi connectivity index (χ1n) is 10.3. The van der Waals surface area contributed by atoms with E-state index in [2.05, 4.69) is 16.3 Å². The van der Waals surface area contributed by atoms with Gasteiger partial charge in [-0.3, -0.25) is 4.79 Å². The summed E-state index contributed by atoms with van der Waals surface area (Å²) in [6, 6.07) is 9.36. The summed E-state index contributed by atoms with van der Waals surface area (Å²) >= 11 is 0. The van der Waals surface area contributed by atoms with Crippen molar-refractivity contribution in [3.05, 3.63) is 53.7 Å². The first kappa shape index (κ1) is 22.9. The molecule has 0 unspecified atom stereocenters. The maximum Gasteiger partial charge on any atom is 0.433 e. The molecule has 0 radical (unpaired) electrons. The Morgan fingerprint density at radius 1 is 1.21 bits per heavy atom.